The molecule has 1 amide bonds. The number of primary sulfonamides is 1. The lowest BCUT2D eigenvalue weighted by Crippen LogP contribution is -2.15. The second-order valence-electron chi connectivity index (χ2n) is 4.26. The Kier molecular flexibility index (Phi) is 3.92. The monoisotopic (exact) mass is 309 g/mol. The van der Waals surface area contributed by atoms with Crippen LogP contribution in [0.25, 0.3) is 0 Å². The van der Waals surface area contributed by atoms with Crippen LogP contribution in [0.1, 0.15) is 10.4 Å². The van der Waals surface area contributed by atoms with Crippen LogP contribution < -0.4 is 16.2 Å². The molecule has 2 rings (SSSR count). The van der Waals surface area contributed by atoms with E-state index in [1.54, 1.807) is 0 Å². The summed E-state index contributed by atoms with van der Waals surface area (Å²) < 4.78 is 35.5. The van der Waals surface area contributed by atoms with Crippen LogP contribution >= 0.6 is 0 Å². The molecule has 0 spiro atoms. The molecular weight excluding hydrogens is 297 g/mol. The fourth-order valence-electron chi connectivity index (χ4n) is 1.64. The minimum Gasteiger partial charge on any atom is -0.396 e. The minimum atomic E-state index is -3.86. The van der Waals surface area contributed by atoms with Gasteiger partial charge in [0.25, 0.3) is 5.91 Å². The van der Waals surface area contributed by atoms with Gasteiger partial charge in [-0.2, -0.15) is 0 Å². The van der Waals surface area contributed by atoms with Gasteiger partial charge in [0.05, 0.1) is 10.6 Å². The van der Waals surface area contributed by atoms with Crippen molar-refractivity contribution in [2.75, 3.05) is 11.1 Å². The van der Waals surface area contributed by atoms with Gasteiger partial charge in [-0.25, -0.2) is 17.9 Å². The SMILES string of the molecule is Nc1cc(C(=O)Nc2cccc(S(N)(=O)=O)c2)ccc1F. The normalized spacial score (nSPS) is 11.1. The highest BCUT2D eigenvalue weighted by Gasteiger charge is 2.11. The van der Waals surface area contributed by atoms with Crippen LogP contribution in [0, 0.1) is 5.82 Å². The molecule has 0 atom stereocenters. The van der Waals surface area contributed by atoms with Gasteiger partial charge in [-0.1, -0.05) is 6.07 Å². The van der Waals surface area contributed by atoms with Gasteiger partial charge in [-0.05, 0) is 36.4 Å². The summed E-state index contributed by atoms with van der Waals surface area (Å²) in [5.74, 6) is -1.17. The highest BCUT2D eigenvalue weighted by atomic mass is 32.2. The molecule has 0 aromatic heterocycles. The lowest BCUT2D eigenvalue weighted by atomic mass is 10.2. The number of sulfonamides is 1. The fourth-order valence-corrected chi connectivity index (χ4v) is 2.20. The van der Waals surface area contributed by atoms with Gasteiger partial charge in [0.1, 0.15) is 5.82 Å². The van der Waals surface area contributed by atoms with Crippen LogP contribution in [0.5, 0.6) is 0 Å². The maximum absolute atomic E-state index is 13.0. The molecule has 0 saturated carbocycles. The zero-order valence-corrected chi connectivity index (χ0v) is 11.5. The summed E-state index contributed by atoms with van der Waals surface area (Å²) in [6.45, 7) is 0. The second-order valence-corrected chi connectivity index (χ2v) is 5.82. The number of carbonyl (C=O) groups excluding carboxylic acids is 1. The number of nitrogen functional groups attached to an aromatic ring is 1. The first-order valence-electron chi connectivity index (χ1n) is 5.76. The zero-order valence-electron chi connectivity index (χ0n) is 10.7. The summed E-state index contributed by atoms with van der Waals surface area (Å²) in [5.41, 5.74) is 5.62. The molecule has 0 aliphatic carbocycles. The van der Waals surface area contributed by atoms with Crippen molar-refractivity contribution in [3.63, 3.8) is 0 Å². The number of carbonyl (C=O) groups is 1. The van der Waals surface area contributed by atoms with Crippen LogP contribution in [0.3, 0.4) is 0 Å². The van der Waals surface area contributed by atoms with Crippen molar-refractivity contribution >= 4 is 27.3 Å². The first-order chi connectivity index (χ1) is 9.77. The molecule has 21 heavy (non-hydrogen) atoms. The number of hydrogen-bond acceptors (Lipinski definition) is 4. The minimum absolute atomic E-state index is 0.126. The zero-order chi connectivity index (χ0) is 15.6. The Morgan fingerprint density at radius 1 is 1.14 bits per heavy atom. The maximum atomic E-state index is 13.0. The Hall–Kier alpha value is -2.45. The topological polar surface area (TPSA) is 115 Å². The standard InChI is InChI=1S/C13H12FN3O3S/c14-11-5-4-8(6-12(11)15)13(18)17-9-2-1-3-10(7-9)21(16,19)20/h1-7H,15H2,(H,17,18)(H2,16,19,20). The van der Waals surface area contributed by atoms with E-state index in [2.05, 4.69) is 5.32 Å². The molecule has 2 aromatic carbocycles. The highest BCUT2D eigenvalue weighted by Crippen LogP contribution is 2.17. The Balaban J connectivity index is 2.25. The van der Waals surface area contributed by atoms with Gasteiger partial charge in [0, 0.05) is 11.3 Å². The van der Waals surface area contributed by atoms with Crippen molar-refractivity contribution in [3.8, 4) is 0 Å². The largest absolute Gasteiger partial charge is 0.396 e. The summed E-state index contributed by atoms with van der Waals surface area (Å²) in [6.07, 6.45) is 0. The Labute approximate surface area is 120 Å². The molecule has 110 valence electrons. The van der Waals surface area contributed by atoms with E-state index in [9.17, 15) is 17.6 Å². The summed E-state index contributed by atoms with van der Waals surface area (Å²) in [5, 5.41) is 7.49. The average molecular weight is 309 g/mol. The molecule has 0 radical (unpaired) electrons. The summed E-state index contributed by atoms with van der Waals surface area (Å²) in [4.78, 5) is 11.8. The number of halogens is 1. The summed E-state index contributed by atoms with van der Waals surface area (Å²) >= 11 is 0. The van der Waals surface area contributed by atoms with E-state index in [4.69, 9.17) is 10.9 Å². The Bertz CT molecular complexity index is 806. The number of rotatable bonds is 3. The van der Waals surface area contributed by atoms with Gasteiger partial charge in [0.2, 0.25) is 10.0 Å². The first kappa shape index (κ1) is 14.9. The van der Waals surface area contributed by atoms with Crippen LogP contribution in [-0.4, -0.2) is 14.3 Å². The highest BCUT2D eigenvalue weighted by molar-refractivity contribution is 7.89. The van der Waals surface area contributed by atoms with Gasteiger partial charge in [-0.15, -0.1) is 0 Å². The van der Waals surface area contributed by atoms with Crippen molar-refractivity contribution < 1.29 is 17.6 Å². The van der Waals surface area contributed by atoms with Gasteiger partial charge in [-0.3, -0.25) is 4.79 Å². The van der Waals surface area contributed by atoms with Crippen molar-refractivity contribution in [1.82, 2.24) is 0 Å². The van der Waals surface area contributed by atoms with Crippen molar-refractivity contribution in [2.45, 2.75) is 4.90 Å². The quantitative estimate of drug-likeness (QED) is 0.741. The molecule has 2 aromatic rings. The molecule has 8 heteroatoms. The van der Waals surface area contributed by atoms with E-state index in [0.29, 0.717) is 0 Å². The molecule has 0 bridgehead atoms. The molecular formula is C13H12FN3O3S. The molecule has 0 fully saturated rings. The number of nitrogens with two attached hydrogens (primary N) is 2. The molecule has 0 saturated heterocycles. The number of amides is 1. The van der Waals surface area contributed by atoms with E-state index < -0.39 is 21.7 Å². The van der Waals surface area contributed by atoms with E-state index in [1.807, 2.05) is 0 Å². The van der Waals surface area contributed by atoms with Crippen LogP contribution in [0.15, 0.2) is 47.4 Å². The van der Waals surface area contributed by atoms with E-state index in [1.165, 1.54) is 36.4 Å². The predicted molar refractivity (Wildman–Crippen MR) is 76.6 cm³/mol. The van der Waals surface area contributed by atoms with Crippen LogP contribution in [0.4, 0.5) is 15.8 Å². The molecule has 0 heterocycles. The molecule has 5 N–H and O–H groups in total. The second kappa shape index (κ2) is 5.51. The third kappa shape index (κ3) is 3.56. The predicted octanol–water partition coefficient (Wildman–Crippen LogP) is 1.31. The van der Waals surface area contributed by atoms with Gasteiger partial charge < -0.3 is 11.1 Å². The number of anilines is 2. The summed E-state index contributed by atoms with van der Waals surface area (Å²) in [7, 11) is -3.86. The maximum Gasteiger partial charge on any atom is 0.255 e. The smallest absolute Gasteiger partial charge is 0.255 e. The average Bonchev–Trinajstić information content (AvgIpc) is 2.41. The molecule has 0 aliphatic heterocycles. The van der Waals surface area contributed by atoms with Gasteiger partial charge in [0.15, 0.2) is 0 Å². The van der Waals surface area contributed by atoms with Crippen LogP contribution in [-0.2, 0) is 10.0 Å². The Morgan fingerprint density at radius 2 is 1.86 bits per heavy atom. The van der Waals surface area contributed by atoms with E-state index in [-0.39, 0.29) is 21.8 Å². The van der Waals surface area contributed by atoms with Crippen molar-refractivity contribution in [3.05, 3.63) is 53.8 Å². The number of hydrogen-bond donors (Lipinski definition) is 3. The lowest BCUT2D eigenvalue weighted by molar-refractivity contribution is 0.102. The van der Waals surface area contributed by atoms with E-state index >= 15 is 0 Å². The first-order valence-corrected chi connectivity index (χ1v) is 7.31. The number of benzene rings is 2. The number of nitrogens with one attached hydrogen (secondary N) is 1. The van der Waals surface area contributed by atoms with Crippen LogP contribution in [0.2, 0.25) is 0 Å². The fraction of sp³-hybridized carbons (Fsp3) is 0. The third-order valence-corrected chi connectivity index (χ3v) is 3.59. The van der Waals surface area contributed by atoms with E-state index in [0.717, 1.165) is 6.07 Å². The third-order valence-electron chi connectivity index (χ3n) is 2.68. The van der Waals surface area contributed by atoms with Crippen molar-refractivity contribution in [2.24, 2.45) is 5.14 Å². The van der Waals surface area contributed by atoms with Crippen molar-refractivity contribution in [1.29, 1.82) is 0 Å². The molecule has 6 nitrogen and oxygen atoms in total. The Morgan fingerprint density at radius 3 is 2.48 bits per heavy atom. The molecule has 0 unspecified atom stereocenters. The van der Waals surface area contributed by atoms with Gasteiger partial charge >= 0.3 is 0 Å². The summed E-state index contributed by atoms with van der Waals surface area (Å²) in [6, 6.07) is 9.00. The lowest BCUT2D eigenvalue weighted by Gasteiger charge is -2.07. The molecule has 0 aliphatic rings.